The maximum absolute atomic E-state index is 12.8. The summed E-state index contributed by atoms with van der Waals surface area (Å²) in [6.07, 6.45) is 3.36. The molecule has 2 unspecified atom stereocenters. The first kappa shape index (κ1) is 22.9. The lowest BCUT2D eigenvalue weighted by Gasteiger charge is -2.31. The molecule has 1 aliphatic heterocycles. The number of rotatable bonds is 9. The number of carbonyl (C=O) groups excluding carboxylic acids is 1. The van der Waals surface area contributed by atoms with Crippen molar-refractivity contribution in [1.29, 1.82) is 0 Å². The molecule has 1 heterocycles. The summed E-state index contributed by atoms with van der Waals surface area (Å²) in [6, 6.07) is 17.8. The number of benzene rings is 2. The zero-order chi connectivity index (χ0) is 22.6. The number of carbonyl (C=O) groups is 1. The third kappa shape index (κ3) is 5.75. The van der Waals surface area contributed by atoms with Crippen molar-refractivity contribution in [2.24, 2.45) is 5.92 Å². The van der Waals surface area contributed by atoms with E-state index in [1.165, 1.54) is 12.0 Å². The molecule has 32 heavy (non-hydrogen) atoms. The van der Waals surface area contributed by atoms with Gasteiger partial charge in [-0.1, -0.05) is 42.5 Å². The van der Waals surface area contributed by atoms with Gasteiger partial charge in [0, 0.05) is 30.6 Å². The predicted molar refractivity (Wildman–Crippen MR) is 123 cm³/mol. The topological polar surface area (TPSA) is 98.7 Å². The minimum absolute atomic E-state index is 0.0578. The van der Waals surface area contributed by atoms with Crippen LogP contribution in [0.1, 0.15) is 46.7 Å². The first-order chi connectivity index (χ1) is 15.5. The number of nitrogens with one attached hydrogen (secondary N) is 2. The molecule has 8 heteroatoms. The Kier molecular flexibility index (Phi) is 7.25. The van der Waals surface area contributed by atoms with Gasteiger partial charge < -0.3 is 5.32 Å². The maximum Gasteiger partial charge on any atom is 0.274 e. The summed E-state index contributed by atoms with van der Waals surface area (Å²) in [5.41, 5.74) is 4.16. The summed E-state index contributed by atoms with van der Waals surface area (Å²) in [4.78, 5) is 11.4. The Balaban J connectivity index is 1.18. The standard InChI is InChI=1S/C24H31N3O4S/c28-24(26-29)21-8-6-18(7-9-21)12-15-32(30,31)27-13-10-19(11-14-27)17-25-23-16-22(23)20-4-2-1-3-5-20/h1-9,19,22-23,25,29H,10-17H2,(H,26,28). The van der Waals surface area contributed by atoms with Gasteiger partial charge in [-0.25, -0.2) is 18.2 Å². The van der Waals surface area contributed by atoms with E-state index in [9.17, 15) is 13.2 Å². The molecule has 3 N–H and O–H groups in total. The number of nitrogens with zero attached hydrogens (tertiary/aromatic N) is 1. The van der Waals surface area contributed by atoms with Crippen LogP contribution >= 0.6 is 0 Å². The van der Waals surface area contributed by atoms with Crippen LogP contribution in [0.4, 0.5) is 0 Å². The molecule has 1 saturated carbocycles. The largest absolute Gasteiger partial charge is 0.313 e. The summed E-state index contributed by atoms with van der Waals surface area (Å²) in [5, 5.41) is 12.3. The first-order valence-electron chi connectivity index (χ1n) is 11.3. The Hall–Kier alpha value is -2.26. The molecule has 7 nitrogen and oxygen atoms in total. The molecule has 4 rings (SSSR count). The minimum Gasteiger partial charge on any atom is -0.313 e. The third-order valence-electron chi connectivity index (χ3n) is 6.62. The van der Waals surface area contributed by atoms with Crippen molar-refractivity contribution in [3.05, 3.63) is 71.3 Å². The number of piperidine rings is 1. The summed E-state index contributed by atoms with van der Waals surface area (Å²) in [7, 11) is -3.31. The third-order valence-corrected chi connectivity index (χ3v) is 8.49. The monoisotopic (exact) mass is 457 g/mol. The van der Waals surface area contributed by atoms with Crippen LogP contribution in [0, 0.1) is 5.92 Å². The minimum atomic E-state index is -3.31. The SMILES string of the molecule is O=C(NO)c1ccc(CCS(=O)(=O)N2CCC(CNC3CC3c3ccccc3)CC2)cc1. The van der Waals surface area contributed by atoms with Gasteiger partial charge >= 0.3 is 0 Å². The predicted octanol–water partition coefficient (Wildman–Crippen LogP) is 2.54. The molecule has 2 aromatic rings. The maximum atomic E-state index is 12.8. The quantitative estimate of drug-likeness (QED) is 0.397. The van der Waals surface area contributed by atoms with Gasteiger partial charge in [0.25, 0.3) is 5.91 Å². The Morgan fingerprint density at radius 1 is 1.03 bits per heavy atom. The number of hydrogen-bond acceptors (Lipinski definition) is 5. The lowest BCUT2D eigenvalue weighted by atomic mass is 9.98. The van der Waals surface area contributed by atoms with E-state index in [2.05, 4.69) is 29.6 Å². The second-order valence-corrected chi connectivity index (χ2v) is 10.9. The van der Waals surface area contributed by atoms with Crippen molar-refractivity contribution in [1.82, 2.24) is 15.1 Å². The molecule has 1 saturated heterocycles. The molecule has 172 valence electrons. The summed E-state index contributed by atoms with van der Waals surface area (Å²) in [5.74, 6) is 0.605. The van der Waals surface area contributed by atoms with Gasteiger partial charge in [0.05, 0.1) is 5.75 Å². The van der Waals surface area contributed by atoms with Crippen molar-refractivity contribution in [3.63, 3.8) is 0 Å². The van der Waals surface area contributed by atoms with Crippen LogP contribution in [0.25, 0.3) is 0 Å². The zero-order valence-electron chi connectivity index (χ0n) is 18.1. The van der Waals surface area contributed by atoms with Crippen LogP contribution in [-0.2, 0) is 16.4 Å². The Morgan fingerprint density at radius 3 is 2.38 bits per heavy atom. The lowest BCUT2D eigenvalue weighted by molar-refractivity contribution is 0.0706. The smallest absolute Gasteiger partial charge is 0.274 e. The zero-order valence-corrected chi connectivity index (χ0v) is 18.9. The van der Waals surface area contributed by atoms with Crippen LogP contribution in [0.3, 0.4) is 0 Å². The van der Waals surface area contributed by atoms with Crippen LogP contribution in [0.15, 0.2) is 54.6 Å². The molecule has 2 fully saturated rings. The second kappa shape index (κ2) is 10.1. The highest BCUT2D eigenvalue weighted by atomic mass is 32.2. The van der Waals surface area contributed by atoms with Gasteiger partial charge in [-0.15, -0.1) is 0 Å². The van der Waals surface area contributed by atoms with E-state index in [-0.39, 0.29) is 5.75 Å². The van der Waals surface area contributed by atoms with Gasteiger partial charge in [0.1, 0.15) is 0 Å². The normalized spacial score (nSPS) is 21.9. The molecular weight excluding hydrogens is 426 g/mol. The number of amides is 1. The van der Waals surface area contributed by atoms with E-state index in [1.54, 1.807) is 34.1 Å². The van der Waals surface area contributed by atoms with Gasteiger partial charge in [-0.2, -0.15) is 0 Å². The van der Waals surface area contributed by atoms with E-state index in [4.69, 9.17) is 5.21 Å². The highest BCUT2D eigenvalue weighted by Gasteiger charge is 2.38. The number of hydroxylamine groups is 1. The molecule has 0 radical (unpaired) electrons. The average Bonchev–Trinajstić information content (AvgIpc) is 3.62. The van der Waals surface area contributed by atoms with E-state index in [0.29, 0.717) is 43.0 Å². The molecular formula is C24H31N3O4S. The molecule has 1 amide bonds. The van der Waals surface area contributed by atoms with Gasteiger partial charge in [0.15, 0.2) is 0 Å². The fourth-order valence-electron chi connectivity index (χ4n) is 4.46. The second-order valence-electron chi connectivity index (χ2n) is 8.81. The molecule has 0 bridgehead atoms. The molecule has 2 atom stereocenters. The highest BCUT2D eigenvalue weighted by molar-refractivity contribution is 7.89. The molecule has 2 aliphatic rings. The van der Waals surface area contributed by atoms with Crippen LogP contribution in [-0.4, -0.2) is 55.3 Å². The van der Waals surface area contributed by atoms with Crippen LogP contribution in [0.5, 0.6) is 0 Å². The summed E-state index contributed by atoms with van der Waals surface area (Å²) >= 11 is 0. The molecule has 2 aromatic carbocycles. The Bertz CT molecular complexity index is 1000. The number of aryl methyl sites for hydroxylation is 1. The van der Waals surface area contributed by atoms with Gasteiger partial charge in [0.2, 0.25) is 10.0 Å². The van der Waals surface area contributed by atoms with Crippen molar-refractivity contribution < 1.29 is 18.4 Å². The number of sulfonamides is 1. The van der Waals surface area contributed by atoms with Crippen LogP contribution < -0.4 is 10.8 Å². The van der Waals surface area contributed by atoms with Crippen molar-refractivity contribution >= 4 is 15.9 Å². The highest BCUT2D eigenvalue weighted by Crippen LogP contribution is 2.40. The van der Waals surface area contributed by atoms with E-state index >= 15 is 0 Å². The first-order valence-corrected chi connectivity index (χ1v) is 12.9. The Morgan fingerprint density at radius 2 is 1.72 bits per heavy atom. The molecule has 0 aromatic heterocycles. The van der Waals surface area contributed by atoms with E-state index < -0.39 is 15.9 Å². The van der Waals surface area contributed by atoms with E-state index in [0.717, 1.165) is 24.9 Å². The van der Waals surface area contributed by atoms with Crippen molar-refractivity contribution in [2.75, 3.05) is 25.4 Å². The van der Waals surface area contributed by atoms with Crippen LogP contribution in [0.2, 0.25) is 0 Å². The average molecular weight is 458 g/mol. The molecule has 0 spiro atoms. The van der Waals surface area contributed by atoms with E-state index in [1.807, 2.05) is 6.07 Å². The fourth-order valence-corrected chi connectivity index (χ4v) is 5.98. The lowest BCUT2D eigenvalue weighted by Crippen LogP contribution is -2.42. The van der Waals surface area contributed by atoms with Crippen molar-refractivity contribution in [3.8, 4) is 0 Å². The van der Waals surface area contributed by atoms with Crippen molar-refractivity contribution in [2.45, 2.75) is 37.6 Å². The summed E-state index contributed by atoms with van der Waals surface area (Å²) < 4.78 is 27.2. The summed E-state index contributed by atoms with van der Waals surface area (Å²) in [6.45, 7) is 2.11. The fraction of sp³-hybridized carbons (Fsp3) is 0.458. The van der Waals surface area contributed by atoms with Gasteiger partial charge in [-0.3, -0.25) is 10.0 Å². The Labute approximate surface area is 189 Å². The molecule has 1 aliphatic carbocycles. The van der Waals surface area contributed by atoms with Gasteiger partial charge in [-0.05, 0) is 61.4 Å². The number of hydrogen-bond donors (Lipinski definition) is 3.